The highest BCUT2D eigenvalue weighted by Gasteiger charge is 2.24. The number of imidazole rings is 1. The molecule has 0 fully saturated rings. The minimum absolute atomic E-state index is 0.160. The highest BCUT2D eigenvalue weighted by Crippen LogP contribution is 2.33. The molecule has 0 spiro atoms. The second-order valence-electron chi connectivity index (χ2n) is 10.6. The fraction of sp³-hybridized carbons (Fsp3) is 0.267. The van der Waals surface area contributed by atoms with Crippen LogP contribution >= 0.6 is 34.8 Å². The van der Waals surface area contributed by atoms with E-state index in [0.29, 0.717) is 32.1 Å². The zero-order valence-electron chi connectivity index (χ0n) is 22.1. The van der Waals surface area contributed by atoms with Crippen LogP contribution in [0.3, 0.4) is 0 Å². The maximum absolute atomic E-state index is 13.0. The number of aliphatic hydroxyl groups excluding tert-OH is 1. The molecule has 0 radical (unpaired) electrons. The van der Waals surface area contributed by atoms with Gasteiger partial charge in [-0.1, -0.05) is 65.1 Å². The molecule has 0 atom stereocenters. The minimum Gasteiger partial charge on any atom is -0.394 e. The van der Waals surface area contributed by atoms with E-state index < -0.39 is 17.0 Å². The molecule has 1 heterocycles. The number of amides is 1. The van der Waals surface area contributed by atoms with Crippen molar-refractivity contribution in [3.63, 3.8) is 0 Å². The summed E-state index contributed by atoms with van der Waals surface area (Å²) < 4.78 is 1.75. The zero-order chi connectivity index (χ0) is 28.5. The van der Waals surface area contributed by atoms with Crippen molar-refractivity contribution in [1.82, 2.24) is 14.9 Å². The molecule has 4 aromatic rings. The van der Waals surface area contributed by atoms with E-state index >= 15 is 0 Å². The smallest absolute Gasteiger partial charge is 0.271 e. The second kappa shape index (κ2) is 11.3. The standard InChI is InChI=1S/C30H30Cl3N3O3/c1-29(2,17-37)35-28(38)25-16-36(27(34-25)15-21-22(31)9-6-10-23(21)32)26-12-11-19(14-24(26)33)18-7-5-8-20(13-18)30(3,4)39/h5-14,16,37,39H,15,17H2,1-4H3,(H,35,38). The molecule has 4 rings (SSSR count). The van der Waals surface area contributed by atoms with Crippen LogP contribution in [-0.4, -0.2) is 37.8 Å². The van der Waals surface area contributed by atoms with Gasteiger partial charge in [0.15, 0.2) is 0 Å². The first-order valence-corrected chi connectivity index (χ1v) is 13.5. The van der Waals surface area contributed by atoms with Gasteiger partial charge in [0, 0.05) is 22.7 Å². The summed E-state index contributed by atoms with van der Waals surface area (Å²) in [5.74, 6) is 0.0751. The van der Waals surface area contributed by atoms with Gasteiger partial charge in [-0.25, -0.2) is 4.98 Å². The number of nitrogens with zero attached hydrogens (tertiary/aromatic N) is 2. The quantitative estimate of drug-likeness (QED) is 0.211. The maximum Gasteiger partial charge on any atom is 0.271 e. The summed E-state index contributed by atoms with van der Waals surface area (Å²) in [5, 5.41) is 24.2. The van der Waals surface area contributed by atoms with E-state index in [1.807, 2.05) is 42.5 Å². The van der Waals surface area contributed by atoms with E-state index in [-0.39, 0.29) is 18.7 Å². The Kier molecular flexibility index (Phi) is 8.45. The lowest BCUT2D eigenvalue weighted by Gasteiger charge is -2.22. The summed E-state index contributed by atoms with van der Waals surface area (Å²) in [6.07, 6.45) is 1.86. The van der Waals surface area contributed by atoms with Gasteiger partial charge in [-0.15, -0.1) is 0 Å². The second-order valence-corrected chi connectivity index (χ2v) is 11.8. The van der Waals surface area contributed by atoms with Crippen LogP contribution in [0.15, 0.2) is 66.9 Å². The number of aromatic nitrogens is 2. The van der Waals surface area contributed by atoms with Crippen LogP contribution < -0.4 is 5.32 Å². The van der Waals surface area contributed by atoms with Crippen molar-refractivity contribution in [3.05, 3.63) is 105 Å². The molecule has 1 amide bonds. The lowest BCUT2D eigenvalue weighted by atomic mass is 9.94. The number of rotatable bonds is 8. The van der Waals surface area contributed by atoms with Gasteiger partial charge in [0.1, 0.15) is 11.5 Å². The number of benzene rings is 3. The predicted octanol–water partition coefficient (Wildman–Crippen LogP) is 6.82. The highest BCUT2D eigenvalue weighted by molar-refractivity contribution is 6.36. The number of carbonyl (C=O) groups excluding carboxylic acids is 1. The topological polar surface area (TPSA) is 87.4 Å². The molecule has 39 heavy (non-hydrogen) atoms. The molecule has 0 bridgehead atoms. The van der Waals surface area contributed by atoms with Crippen molar-refractivity contribution >= 4 is 40.7 Å². The van der Waals surface area contributed by atoms with Crippen molar-refractivity contribution in [2.75, 3.05) is 6.61 Å². The molecule has 0 saturated carbocycles. The Labute approximate surface area is 243 Å². The lowest BCUT2D eigenvalue weighted by Crippen LogP contribution is -2.46. The molecule has 0 aliphatic carbocycles. The summed E-state index contributed by atoms with van der Waals surface area (Å²) in [6.45, 7) is 6.68. The summed E-state index contributed by atoms with van der Waals surface area (Å²) in [6, 6.07) is 18.5. The largest absolute Gasteiger partial charge is 0.394 e. The van der Waals surface area contributed by atoms with E-state index in [9.17, 15) is 15.0 Å². The summed E-state index contributed by atoms with van der Waals surface area (Å²) >= 11 is 19.7. The van der Waals surface area contributed by atoms with E-state index in [0.717, 1.165) is 16.7 Å². The Morgan fingerprint density at radius 3 is 2.18 bits per heavy atom. The monoisotopic (exact) mass is 585 g/mol. The maximum atomic E-state index is 13.0. The van der Waals surface area contributed by atoms with E-state index in [2.05, 4.69) is 10.3 Å². The minimum atomic E-state index is -0.979. The van der Waals surface area contributed by atoms with Gasteiger partial charge in [-0.2, -0.15) is 0 Å². The molecule has 0 saturated heterocycles. The van der Waals surface area contributed by atoms with E-state index in [1.54, 1.807) is 56.7 Å². The van der Waals surface area contributed by atoms with Gasteiger partial charge in [0.25, 0.3) is 5.91 Å². The van der Waals surface area contributed by atoms with Crippen molar-refractivity contribution < 1.29 is 15.0 Å². The van der Waals surface area contributed by atoms with Gasteiger partial charge in [0.05, 0.1) is 28.5 Å². The van der Waals surface area contributed by atoms with Crippen LogP contribution in [0.4, 0.5) is 0 Å². The highest BCUT2D eigenvalue weighted by atomic mass is 35.5. The number of halogens is 3. The Morgan fingerprint density at radius 1 is 0.923 bits per heavy atom. The van der Waals surface area contributed by atoms with Gasteiger partial charge < -0.3 is 20.1 Å². The SMILES string of the molecule is CC(C)(CO)NC(=O)c1cn(-c2ccc(-c3cccc(C(C)(C)O)c3)cc2Cl)c(Cc2c(Cl)cccc2Cl)n1. The number of hydrogen-bond acceptors (Lipinski definition) is 4. The predicted molar refractivity (Wildman–Crippen MR) is 157 cm³/mol. The van der Waals surface area contributed by atoms with Crippen molar-refractivity contribution in [3.8, 4) is 16.8 Å². The molecule has 3 N–H and O–H groups in total. The molecule has 6 nitrogen and oxygen atoms in total. The fourth-order valence-electron chi connectivity index (χ4n) is 4.09. The van der Waals surface area contributed by atoms with Crippen LogP contribution in [0.1, 0.15) is 55.1 Å². The van der Waals surface area contributed by atoms with Gasteiger partial charge in [0.2, 0.25) is 0 Å². The van der Waals surface area contributed by atoms with Gasteiger partial charge in [-0.05, 0) is 80.3 Å². The molecule has 0 unspecified atom stereocenters. The van der Waals surface area contributed by atoms with E-state index in [4.69, 9.17) is 34.8 Å². The van der Waals surface area contributed by atoms with Crippen LogP contribution in [0.2, 0.25) is 15.1 Å². The summed E-state index contributed by atoms with van der Waals surface area (Å²) in [4.78, 5) is 17.6. The number of carbonyl (C=O) groups is 1. The molecule has 204 valence electrons. The number of aliphatic hydroxyl groups is 2. The summed E-state index contributed by atoms with van der Waals surface area (Å²) in [7, 11) is 0. The van der Waals surface area contributed by atoms with Crippen molar-refractivity contribution in [2.24, 2.45) is 0 Å². The third-order valence-electron chi connectivity index (χ3n) is 6.36. The molecular formula is C30H30Cl3N3O3. The molecule has 0 aliphatic heterocycles. The molecule has 9 heteroatoms. The van der Waals surface area contributed by atoms with Gasteiger partial charge in [-0.3, -0.25) is 4.79 Å². The molecule has 0 aliphatic rings. The van der Waals surface area contributed by atoms with Crippen molar-refractivity contribution in [2.45, 2.75) is 45.3 Å². The Balaban J connectivity index is 1.78. The summed E-state index contributed by atoms with van der Waals surface area (Å²) in [5.41, 5.74) is 2.20. The Bertz CT molecular complexity index is 1500. The van der Waals surface area contributed by atoms with Crippen LogP contribution in [0, 0.1) is 0 Å². The molecule has 1 aromatic heterocycles. The van der Waals surface area contributed by atoms with E-state index in [1.165, 1.54) is 0 Å². The third-order valence-corrected chi connectivity index (χ3v) is 7.38. The Morgan fingerprint density at radius 2 is 1.56 bits per heavy atom. The first kappa shape index (κ1) is 29.1. The van der Waals surface area contributed by atoms with Crippen molar-refractivity contribution in [1.29, 1.82) is 0 Å². The van der Waals surface area contributed by atoms with Gasteiger partial charge >= 0.3 is 0 Å². The lowest BCUT2D eigenvalue weighted by molar-refractivity contribution is 0.0786. The Hall–Kier alpha value is -2.87. The van der Waals surface area contributed by atoms with Crippen LogP contribution in [-0.2, 0) is 12.0 Å². The third kappa shape index (κ3) is 6.65. The first-order chi connectivity index (χ1) is 18.3. The van der Waals surface area contributed by atoms with Crippen LogP contribution in [0.25, 0.3) is 16.8 Å². The molecular weight excluding hydrogens is 557 g/mol. The zero-order valence-corrected chi connectivity index (χ0v) is 24.4. The normalized spacial score (nSPS) is 12.0. The average molecular weight is 587 g/mol. The molecule has 3 aromatic carbocycles. The first-order valence-electron chi connectivity index (χ1n) is 12.4. The van der Waals surface area contributed by atoms with Crippen LogP contribution in [0.5, 0.6) is 0 Å². The number of hydrogen-bond donors (Lipinski definition) is 3. The average Bonchev–Trinajstić information content (AvgIpc) is 3.29. The fourth-order valence-corrected chi connectivity index (χ4v) is 4.90. The number of nitrogens with one attached hydrogen (secondary N) is 1.